The molecule has 0 radical (unpaired) electrons. The van der Waals surface area contributed by atoms with Crippen molar-refractivity contribution in [1.82, 2.24) is 9.62 Å². The van der Waals surface area contributed by atoms with Gasteiger partial charge in [-0.15, -0.1) is 0 Å². The van der Waals surface area contributed by atoms with Gasteiger partial charge < -0.3 is 10.1 Å². The average Bonchev–Trinajstić information content (AvgIpc) is 2.52. The van der Waals surface area contributed by atoms with Gasteiger partial charge in [-0.3, -0.25) is 4.79 Å². The van der Waals surface area contributed by atoms with Gasteiger partial charge in [-0.1, -0.05) is 6.92 Å². The quantitative estimate of drug-likeness (QED) is 0.741. The second kappa shape index (κ2) is 7.90. The van der Waals surface area contributed by atoms with Crippen LogP contribution in [0.4, 0.5) is 0 Å². The fourth-order valence-corrected chi connectivity index (χ4v) is 3.22. The van der Waals surface area contributed by atoms with E-state index in [1.165, 1.54) is 31.4 Å². The summed E-state index contributed by atoms with van der Waals surface area (Å²) in [4.78, 5) is 23.0. The first kappa shape index (κ1) is 18.1. The number of hydrogen-bond acceptors (Lipinski definition) is 5. The highest BCUT2D eigenvalue weighted by atomic mass is 32.2. The van der Waals surface area contributed by atoms with Gasteiger partial charge >= 0.3 is 5.97 Å². The molecule has 0 atom stereocenters. The number of esters is 1. The second-order valence-corrected chi connectivity index (χ2v) is 6.34. The monoisotopic (exact) mass is 328 g/mol. The molecule has 0 spiro atoms. The molecule has 1 rings (SSSR count). The lowest BCUT2D eigenvalue weighted by atomic mass is 10.2. The highest BCUT2D eigenvalue weighted by Gasteiger charge is 2.25. The van der Waals surface area contributed by atoms with Crippen molar-refractivity contribution < 1.29 is 22.7 Å². The lowest BCUT2D eigenvalue weighted by Gasteiger charge is -2.20. The first-order valence-electron chi connectivity index (χ1n) is 6.82. The van der Waals surface area contributed by atoms with Crippen molar-refractivity contribution in [1.29, 1.82) is 0 Å². The number of amides is 1. The van der Waals surface area contributed by atoms with Gasteiger partial charge in [0.05, 0.1) is 24.1 Å². The van der Waals surface area contributed by atoms with E-state index in [0.29, 0.717) is 6.54 Å². The maximum atomic E-state index is 12.5. The zero-order chi connectivity index (χ0) is 16.8. The highest BCUT2D eigenvalue weighted by Crippen LogP contribution is 2.16. The minimum Gasteiger partial charge on any atom is -0.465 e. The van der Waals surface area contributed by atoms with Crippen LogP contribution in [0.5, 0.6) is 0 Å². The van der Waals surface area contributed by atoms with Gasteiger partial charge in [0, 0.05) is 13.1 Å². The van der Waals surface area contributed by atoms with Crippen LogP contribution in [0.3, 0.4) is 0 Å². The van der Waals surface area contributed by atoms with Crippen LogP contribution in [0.25, 0.3) is 0 Å². The molecular weight excluding hydrogens is 308 g/mol. The Labute approximate surface area is 130 Å². The van der Waals surface area contributed by atoms with E-state index in [4.69, 9.17) is 0 Å². The molecule has 0 heterocycles. The number of carbonyl (C=O) groups excluding carboxylic acids is 2. The molecule has 0 aromatic heterocycles. The molecule has 1 aromatic rings. The number of nitrogens with zero attached hydrogens (tertiary/aromatic N) is 1. The Morgan fingerprint density at radius 1 is 1.18 bits per heavy atom. The van der Waals surface area contributed by atoms with E-state index in [0.717, 1.165) is 4.31 Å². The van der Waals surface area contributed by atoms with Gasteiger partial charge in [0.25, 0.3) is 0 Å². The average molecular weight is 328 g/mol. The van der Waals surface area contributed by atoms with Crippen LogP contribution in [0.2, 0.25) is 0 Å². The maximum absolute atomic E-state index is 12.5. The summed E-state index contributed by atoms with van der Waals surface area (Å²) in [6.07, 6.45) is 0. The van der Waals surface area contributed by atoms with Crippen molar-refractivity contribution in [2.45, 2.75) is 18.7 Å². The van der Waals surface area contributed by atoms with Crippen molar-refractivity contribution in [2.24, 2.45) is 0 Å². The first-order valence-corrected chi connectivity index (χ1v) is 8.26. The summed E-state index contributed by atoms with van der Waals surface area (Å²) in [5, 5.41) is 2.56. The molecule has 0 bridgehead atoms. The van der Waals surface area contributed by atoms with Crippen molar-refractivity contribution in [2.75, 3.05) is 26.7 Å². The molecule has 8 heteroatoms. The number of benzene rings is 1. The van der Waals surface area contributed by atoms with Crippen molar-refractivity contribution in [3.05, 3.63) is 29.8 Å². The number of sulfonamides is 1. The van der Waals surface area contributed by atoms with Gasteiger partial charge in [-0.25, -0.2) is 13.2 Å². The summed E-state index contributed by atoms with van der Waals surface area (Å²) in [6.45, 7) is 3.77. The third-order valence-electron chi connectivity index (χ3n) is 2.96. The SMILES string of the molecule is CCNC(=O)CN(CC)S(=O)(=O)c1ccc(C(=O)OC)cc1. The van der Waals surface area contributed by atoms with Crippen molar-refractivity contribution in [3.63, 3.8) is 0 Å². The number of methoxy groups -OCH3 is 1. The van der Waals surface area contributed by atoms with E-state index in [2.05, 4.69) is 10.1 Å². The van der Waals surface area contributed by atoms with Crippen LogP contribution in [-0.2, 0) is 19.6 Å². The molecule has 7 nitrogen and oxygen atoms in total. The van der Waals surface area contributed by atoms with Crippen molar-refractivity contribution in [3.8, 4) is 0 Å². The van der Waals surface area contributed by atoms with Gasteiger partial charge in [0.2, 0.25) is 15.9 Å². The summed E-state index contributed by atoms with van der Waals surface area (Å²) in [7, 11) is -2.55. The fourth-order valence-electron chi connectivity index (χ4n) is 1.81. The largest absolute Gasteiger partial charge is 0.465 e. The minimum absolute atomic E-state index is 0.0197. The Balaban J connectivity index is 3.00. The molecule has 1 N–H and O–H groups in total. The van der Waals surface area contributed by atoms with Crippen LogP contribution >= 0.6 is 0 Å². The number of rotatable bonds is 7. The molecular formula is C14H20N2O5S. The summed E-state index contributed by atoms with van der Waals surface area (Å²) >= 11 is 0. The minimum atomic E-state index is -3.79. The maximum Gasteiger partial charge on any atom is 0.337 e. The van der Waals surface area contributed by atoms with Gasteiger partial charge in [-0.05, 0) is 31.2 Å². The topological polar surface area (TPSA) is 92.8 Å². The van der Waals surface area contributed by atoms with Gasteiger partial charge in [0.1, 0.15) is 0 Å². The Hall–Kier alpha value is -1.93. The van der Waals surface area contributed by atoms with Crippen LogP contribution < -0.4 is 5.32 Å². The number of nitrogens with one attached hydrogen (secondary N) is 1. The summed E-state index contributed by atoms with van der Waals surface area (Å²) in [5.41, 5.74) is 0.258. The first-order chi connectivity index (χ1) is 10.4. The van der Waals surface area contributed by atoms with E-state index in [1.54, 1.807) is 13.8 Å². The van der Waals surface area contributed by atoms with Crippen molar-refractivity contribution >= 4 is 21.9 Å². The lowest BCUT2D eigenvalue weighted by molar-refractivity contribution is -0.121. The third kappa shape index (κ3) is 4.28. The predicted octanol–water partition coefficient (Wildman–Crippen LogP) is 0.620. The Morgan fingerprint density at radius 2 is 1.77 bits per heavy atom. The van der Waals surface area contributed by atoms with Gasteiger partial charge in [0.15, 0.2) is 0 Å². The zero-order valence-corrected chi connectivity index (χ0v) is 13.6. The Bertz CT molecular complexity index is 625. The number of likely N-dealkylation sites (N-methyl/N-ethyl adjacent to an activating group) is 2. The van der Waals surface area contributed by atoms with Gasteiger partial charge in [-0.2, -0.15) is 4.31 Å². The van der Waals surface area contributed by atoms with E-state index in [9.17, 15) is 18.0 Å². The van der Waals surface area contributed by atoms with Crippen LogP contribution in [-0.4, -0.2) is 51.3 Å². The molecule has 0 saturated carbocycles. The van der Waals surface area contributed by atoms with E-state index < -0.39 is 16.0 Å². The molecule has 22 heavy (non-hydrogen) atoms. The zero-order valence-electron chi connectivity index (χ0n) is 12.8. The molecule has 0 saturated heterocycles. The number of hydrogen-bond donors (Lipinski definition) is 1. The molecule has 0 unspecified atom stereocenters. The van der Waals surface area contributed by atoms with Crippen LogP contribution in [0.1, 0.15) is 24.2 Å². The molecule has 122 valence electrons. The second-order valence-electron chi connectivity index (χ2n) is 4.40. The number of ether oxygens (including phenoxy) is 1. The van der Waals surface area contributed by atoms with E-state index in [1.807, 2.05) is 0 Å². The smallest absolute Gasteiger partial charge is 0.337 e. The number of carbonyl (C=O) groups is 2. The molecule has 0 aliphatic heterocycles. The van der Waals surface area contributed by atoms with E-state index in [-0.39, 0.29) is 29.5 Å². The summed E-state index contributed by atoms with van der Waals surface area (Å²) in [6, 6.07) is 5.39. The summed E-state index contributed by atoms with van der Waals surface area (Å²) < 4.78 is 30.6. The van der Waals surface area contributed by atoms with E-state index >= 15 is 0 Å². The van der Waals surface area contributed by atoms with Crippen LogP contribution in [0, 0.1) is 0 Å². The molecule has 0 aliphatic carbocycles. The fraction of sp³-hybridized carbons (Fsp3) is 0.429. The standard InChI is InChI=1S/C14H20N2O5S/c1-4-15-13(17)10-16(5-2)22(19,20)12-8-6-11(7-9-12)14(18)21-3/h6-9H,4-5,10H2,1-3H3,(H,15,17). The highest BCUT2D eigenvalue weighted by molar-refractivity contribution is 7.89. The van der Waals surface area contributed by atoms with Crippen LogP contribution in [0.15, 0.2) is 29.2 Å². The Morgan fingerprint density at radius 3 is 2.23 bits per heavy atom. The molecule has 0 fully saturated rings. The predicted molar refractivity (Wildman–Crippen MR) is 80.9 cm³/mol. The molecule has 1 amide bonds. The molecule has 0 aliphatic rings. The third-order valence-corrected chi connectivity index (χ3v) is 4.89. The lowest BCUT2D eigenvalue weighted by Crippen LogP contribution is -2.40. The normalized spacial score (nSPS) is 11.3. The molecule has 1 aromatic carbocycles. The Kier molecular flexibility index (Phi) is 6.51. The summed E-state index contributed by atoms with van der Waals surface area (Å²) in [5.74, 6) is -0.905.